The lowest BCUT2D eigenvalue weighted by Crippen LogP contribution is -2.49. The lowest BCUT2D eigenvalue weighted by molar-refractivity contribution is 0.0220. The molecular weight excluding hydrogens is 158 g/mol. The highest BCUT2D eigenvalue weighted by Crippen LogP contribution is 2.39. The van der Waals surface area contributed by atoms with Gasteiger partial charge in [-0.3, -0.25) is 0 Å². The van der Waals surface area contributed by atoms with Gasteiger partial charge in [0.1, 0.15) is 0 Å². The van der Waals surface area contributed by atoms with Crippen LogP contribution in [0, 0.1) is 11.8 Å². The minimum Gasteiger partial charge on any atom is -0.303 e. The van der Waals surface area contributed by atoms with Crippen molar-refractivity contribution >= 4 is 0 Å². The molecule has 1 aliphatic carbocycles. The van der Waals surface area contributed by atoms with Crippen molar-refractivity contribution in [1.82, 2.24) is 4.90 Å². The lowest BCUT2D eigenvalue weighted by atomic mass is 9.71. The second-order valence-corrected chi connectivity index (χ2v) is 4.33. The smallest absolute Gasteiger partial charge is 0.00951 e. The molecule has 0 aromatic heterocycles. The molecule has 13 heavy (non-hydrogen) atoms. The highest BCUT2D eigenvalue weighted by atomic mass is 15.1. The summed E-state index contributed by atoms with van der Waals surface area (Å²) < 4.78 is 0. The molecule has 2 aliphatic heterocycles. The molecule has 1 nitrogen and oxygen atoms in total. The second-order valence-electron chi connectivity index (χ2n) is 4.33. The summed E-state index contributed by atoms with van der Waals surface area (Å²) >= 11 is 0. The van der Waals surface area contributed by atoms with Gasteiger partial charge in [-0.15, -0.1) is 0 Å². The van der Waals surface area contributed by atoms with E-state index in [9.17, 15) is 0 Å². The zero-order valence-electron chi connectivity index (χ0n) is 9.71. The molecule has 0 amide bonds. The van der Waals surface area contributed by atoms with Crippen molar-refractivity contribution in [2.24, 2.45) is 11.8 Å². The van der Waals surface area contributed by atoms with E-state index in [-0.39, 0.29) is 0 Å². The highest BCUT2D eigenvalue weighted by molar-refractivity contribution is 4.90. The molecule has 3 rings (SSSR count). The zero-order valence-corrected chi connectivity index (χ0v) is 9.71. The van der Waals surface area contributed by atoms with Crippen LogP contribution in [0.1, 0.15) is 46.5 Å². The van der Waals surface area contributed by atoms with Gasteiger partial charge in [0.15, 0.2) is 0 Å². The largest absolute Gasteiger partial charge is 0.303 e. The normalized spacial score (nSPS) is 38.3. The van der Waals surface area contributed by atoms with Gasteiger partial charge >= 0.3 is 0 Å². The molecule has 3 atom stereocenters. The summed E-state index contributed by atoms with van der Waals surface area (Å²) in [6.07, 6.45) is 5.87. The van der Waals surface area contributed by atoms with E-state index in [2.05, 4.69) is 18.9 Å². The Morgan fingerprint density at radius 1 is 1.23 bits per heavy atom. The standard InChI is InChI=1S/C10H19N.C2H6/c1-3-8-6-10-5-4-9(8)7-11(10)2;1-2/h8-10H,3-7H2,1-2H3;1-2H3. The molecule has 3 aliphatic rings. The van der Waals surface area contributed by atoms with Gasteiger partial charge in [-0.2, -0.15) is 0 Å². The van der Waals surface area contributed by atoms with E-state index in [4.69, 9.17) is 0 Å². The number of hydrogen-bond acceptors (Lipinski definition) is 1. The zero-order chi connectivity index (χ0) is 9.84. The van der Waals surface area contributed by atoms with Gasteiger partial charge in [0.05, 0.1) is 0 Å². The van der Waals surface area contributed by atoms with E-state index in [1.165, 1.54) is 32.2 Å². The molecule has 78 valence electrons. The summed E-state index contributed by atoms with van der Waals surface area (Å²) in [6, 6.07) is 0.935. The van der Waals surface area contributed by atoms with Crippen molar-refractivity contribution in [3.63, 3.8) is 0 Å². The van der Waals surface area contributed by atoms with E-state index in [1.807, 2.05) is 13.8 Å². The van der Waals surface area contributed by atoms with Gasteiger partial charge in [-0.1, -0.05) is 27.2 Å². The summed E-state index contributed by atoms with van der Waals surface area (Å²) in [4.78, 5) is 2.57. The van der Waals surface area contributed by atoms with Crippen molar-refractivity contribution in [2.45, 2.75) is 52.5 Å². The highest BCUT2D eigenvalue weighted by Gasteiger charge is 2.37. The van der Waals surface area contributed by atoms with Crippen molar-refractivity contribution in [2.75, 3.05) is 13.6 Å². The van der Waals surface area contributed by atoms with E-state index in [0.29, 0.717) is 0 Å². The van der Waals surface area contributed by atoms with Crippen LogP contribution in [-0.2, 0) is 0 Å². The molecule has 0 radical (unpaired) electrons. The number of piperidine rings is 2. The Morgan fingerprint density at radius 3 is 2.31 bits per heavy atom. The van der Waals surface area contributed by atoms with Crippen LogP contribution in [0.2, 0.25) is 0 Å². The molecule has 0 aromatic rings. The van der Waals surface area contributed by atoms with Crippen LogP contribution in [0.25, 0.3) is 0 Å². The molecule has 1 saturated carbocycles. The molecule has 0 N–H and O–H groups in total. The fourth-order valence-corrected chi connectivity index (χ4v) is 2.96. The Bertz CT molecular complexity index is 144. The average Bonchev–Trinajstić information content (AvgIpc) is 2.21. The molecule has 0 spiro atoms. The first kappa shape index (κ1) is 11.0. The Labute approximate surface area is 83.5 Å². The molecule has 1 heteroatoms. The average molecular weight is 183 g/mol. The maximum Gasteiger partial charge on any atom is 0.00951 e. The van der Waals surface area contributed by atoms with Crippen LogP contribution < -0.4 is 0 Å². The third kappa shape index (κ3) is 2.25. The van der Waals surface area contributed by atoms with Gasteiger partial charge in [-0.05, 0) is 38.1 Å². The molecule has 2 saturated heterocycles. The predicted molar refractivity (Wildman–Crippen MR) is 58.9 cm³/mol. The number of fused-ring (bicyclic) bond motifs is 3. The third-order valence-corrected chi connectivity index (χ3v) is 3.78. The molecule has 3 unspecified atom stereocenters. The van der Waals surface area contributed by atoms with Gasteiger partial charge in [0, 0.05) is 12.6 Å². The van der Waals surface area contributed by atoms with Crippen molar-refractivity contribution in [1.29, 1.82) is 0 Å². The first-order valence-electron chi connectivity index (χ1n) is 6.01. The second kappa shape index (κ2) is 4.99. The first-order valence-corrected chi connectivity index (χ1v) is 6.01. The summed E-state index contributed by atoms with van der Waals surface area (Å²) in [5, 5.41) is 0. The Morgan fingerprint density at radius 2 is 1.92 bits per heavy atom. The maximum absolute atomic E-state index is 2.57. The minimum absolute atomic E-state index is 0.935. The topological polar surface area (TPSA) is 3.24 Å². The van der Waals surface area contributed by atoms with E-state index < -0.39 is 0 Å². The monoisotopic (exact) mass is 183 g/mol. The van der Waals surface area contributed by atoms with Crippen LogP contribution in [0.5, 0.6) is 0 Å². The SMILES string of the molecule is CC.CCC1CC2CCC1CN2C. The fourth-order valence-electron chi connectivity index (χ4n) is 2.96. The van der Waals surface area contributed by atoms with E-state index in [1.54, 1.807) is 0 Å². The van der Waals surface area contributed by atoms with E-state index >= 15 is 0 Å². The third-order valence-electron chi connectivity index (χ3n) is 3.78. The maximum atomic E-state index is 2.57. The summed E-state index contributed by atoms with van der Waals surface area (Å²) in [7, 11) is 2.29. The molecular formula is C12H25N. The van der Waals surface area contributed by atoms with Crippen molar-refractivity contribution in [3.8, 4) is 0 Å². The first-order chi connectivity index (χ1) is 6.31. The Balaban J connectivity index is 0.000000396. The minimum atomic E-state index is 0.935. The van der Waals surface area contributed by atoms with Crippen LogP contribution >= 0.6 is 0 Å². The number of nitrogens with zero attached hydrogens (tertiary/aromatic N) is 1. The predicted octanol–water partition coefficient (Wildman–Crippen LogP) is 3.15. The Kier molecular flexibility index (Phi) is 4.24. The fraction of sp³-hybridized carbons (Fsp3) is 1.00. The van der Waals surface area contributed by atoms with Crippen molar-refractivity contribution < 1.29 is 0 Å². The number of hydrogen-bond donors (Lipinski definition) is 0. The summed E-state index contributed by atoms with van der Waals surface area (Å²) in [5.74, 6) is 2.10. The van der Waals surface area contributed by atoms with Crippen molar-refractivity contribution in [3.05, 3.63) is 0 Å². The van der Waals surface area contributed by atoms with Crippen LogP contribution in [0.3, 0.4) is 0 Å². The molecule has 2 bridgehead atoms. The van der Waals surface area contributed by atoms with Crippen LogP contribution in [0.15, 0.2) is 0 Å². The summed E-state index contributed by atoms with van der Waals surface area (Å²) in [5.41, 5.74) is 0. The summed E-state index contributed by atoms with van der Waals surface area (Å²) in [6.45, 7) is 7.73. The molecule has 0 aromatic carbocycles. The van der Waals surface area contributed by atoms with E-state index in [0.717, 1.165) is 17.9 Å². The van der Waals surface area contributed by atoms with Gasteiger partial charge in [-0.25, -0.2) is 0 Å². The lowest BCUT2D eigenvalue weighted by Gasteiger charge is -2.48. The van der Waals surface area contributed by atoms with Gasteiger partial charge in [0.25, 0.3) is 0 Å². The number of rotatable bonds is 1. The van der Waals surface area contributed by atoms with Crippen LogP contribution in [-0.4, -0.2) is 24.5 Å². The molecule has 2 heterocycles. The quantitative estimate of drug-likeness (QED) is 0.603. The van der Waals surface area contributed by atoms with Gasteiger partial charge in [0.2, 0.25) is 0 Å². The molecule has 3 fully saturated rings. The van der Waals surface area contributed by atoms with Crippen LogP contribution in [0.4, 0.5) is 0 Å². The van der Waals surface area contributed by atoms with Gasteiger partial charge < -0.3 is 4.90 Å². The Hall–Kier alpha value is -0.0400.